The normalized spacial score (nSPS) is 14.4. The summed E-state index contributed by atoms with van der Waals surface area (Å²) in [5.41, 5.74) is 7.49. The highest BCUT2D eigenvalue weighted by Crippen LogP contribution is 2.37. The Hall–Kier alpha value is -5.81. The molecule has 0 saturated heterocycles. The number of benzene rings is 5. The number of furan rings is 1. The second-order valence-corrected chi connectivity index (χ2v) is 11.2. The van der Waals surface area contributed by atoms with Crippen LogP contribution in [-0.4, -0.2) is 19.5 Å². The van der Waals surface area contributed by atoms with Crippen LogP contribution in [0.1, 0.15) is 23.1 Å². The maximum Gasteiger partial charge on any atom is 0.163 e. The quantitative estimate of drug-likeness (QED) is 0.213. The van der Waals surface area contributed by atoms with Gasteiger partial charge in [-0.25, -0.2) is 15.0 Å². The minimum Gasteiger partial charge on any atom is -0.456 e. The van der Waals surface area contributed by atoms with E-state index in [0.29, 0.717) is 11.6 Å². The van der Waals surface area contributed by atoms with Gasteiger partial charge >= 0.3 is 0 Å². The smallest absolute Gasteiger partial charge is 0.163 e. The van der Waals surface area contributed by atoms with Gasteiger partial charge in [0.25, 0.3) is 0 Å². The van der Waals surface area contributed by atoms with Gasteiger partial charge in [-0.05, 0) is 55.0 Å². The van der Waals surface area contributed by atoms with E-state index in [4.69, 9.17) is 19.4 Å². The first kappa shape index (κ1) is 24.8. The fraction of sp³-hybridized carbons (Fsp3) is 0.0513. The molecule has 5 heteroatoms. The predicted octanol–water partition coefficient (Wildman–Crippen LogP) is 9.40. The average Bonchev–Trinajstić information content (AvgIpc) is 3.64. The van der Waals surface area contributed by atoms with Crippen LogP contribution in [-0.2, 0) is 6.42 Å². The molecule has 0 amide bonds. The van der Waals surface area contributed by atoms with Crippen molar-refractivity contribution >= 4 is 38.9 Å². The summed E-state index contributed by atoms with van der Waals surface area (Å²) in [6.07, 6.45) is 4.99. The summed E-state index contributed by atoms with van der Waals surface area (Å²) in [7, 11) is 0. The molecule has 3 heterocycles. The molecule has 1 aliphatic rings. The molecule has 5 aromatic carbocycles. The van der Waals surface area contributed by atoms with Crippen molar-refractivity contribution in [3.63, 3.8) is 0 Å². The Bertz CT molecular complexity index is 2310. The van der Waals surface area contributed by atoms with Crippen LogP contribution < -0.4 is 0 Å². The molecular formula is C39H26N4O. The molecule has 0 radical (unpaired) electrons. The van der Waals surface area contributed by atoms with E-state index >= 15 is 0 Å². The van der Waals surface area contributed by atoms with Crippen LogP contribution in [0.2, 0.25) is 0 Å². The number of aromatic nitrogens is 4. The average molecular weight is 567 g/mol. The van der Waals surface area contributed by atoms with Crippen molar-refractivity contribution in [1.82, 2.24) is 19.5 Å². The molecule has 1 atom stereocenters. The van der Waals surface area contributed by atoms with E-state index in [1.54, 1.807) is 0 Å². The number of rotatable bonds is 4. The highest BCUT2D eigenvalue weighted by Gasteiger charge is 2.25. The van der Waals surface area contributed by atoms with Gasteiger partial charge in [-0.3, -0.25) is 0 Å². The Labute approximate surface area is 253 Å². The number of hydrogen-bond acceptors (Lipinski definition) is 4. The van der Waals surface area contributed by atoms with E-state index in [1.165, 1.54) is 27.4 Å². The highest BCUT2D eigenvalue weighted by atomic mass is 16.3. The van der Waals surface area contributed by atoms with Gasteiger partial charge in [0.05, 0.1) is 11.0 Å². The largest absolute Gasteiger partial charge is 0.456 e. The lowest BCUT2D eigenvalue weighted by atomic mass is 9.91. The zero-order chi connectivity index (χ0) is 29.0. The zero-order valence-corrected chi connectivity index (χ0v) is 23.8. The SMILES string of the molecule is C1=CC(c2nc(-c3ccccc3)nc(-c3ccc(-n4c5ccccc5c5ccccc54)cc3)n2)Cc2c1oc1ccccc21. The van der Waals surface area contributed by atoms with Crippen LogP contribution in [0, 0.1) is 0 Å². The minimum absolute atomic E-state index is 0.00425. The maximum absolute atomic E-state index is 6.11. The van der Waals surface area contributed by atoms with Crippen LogP contribution in [0.4, 0.5) is 0 Å². The summed E-state index contributed by atoms with van der Waals surface area (Å²) in [4.78, 5) is 15.1. The first-order chi connectivity index (χ1) is 21.8. The topological polar surface area (TPSA) is 56.7 Å². The van der Waals surface area contributed by atoms with Crippen molar-refractivity contribution in [2.24, 2.45) is 0 Å². The molecule has 5 nitrogen and oxygen atoms in total. The van der Waals surface area contributed by atoms with E-state index in [2.05, 4.69) is 102 Å². The third-order valence-electron chi connectivity index (χ3n) is 8.61. The number of allylic oxidation sites excluding steroid dienone is 1. The maximum atomic E-state index is 6.11. The lowest BCUT2D eigenvalue weighted by Crippen LogP contribution is -2.11. The van der Waals surface area contributed by atoms with E-state index < -0.39 is 0 Å². The molecule has 8 aromatic rings. The van der Waals surface area contributed by atoms with E-state index in [-0.39, 0.29) is 5.92 Å². The third-order valence-corrected chi connectivity index (χ3v) is 8.61. The van der Waals surface area contributed by atoms with Crippen LogP contribution in [0.5, 0.6) is 0 Å². The molecule has 0 N–H and O–H groups in total. The summed E-state index contributed by atoms with van der Waals surface area (Å²) >= 11 is 0. The van der Waals surface area contributed by atoms with Gasteiger partial charge in [-0.15, -0.1) is 0 Å². The summed E-state index contributed by atoms with van der Waals surface area (Å²) in [5.74, 6) is 3.02. The summed E-state index contributed by atoms with van der Waals surface area (Å²) in [6, 6.07) is 44.0. The van der Waals surface area contributed by atoms with Crippen molar-refractivity contribution in [1.29, 1.82) is 0 Å². The molecule has 1 aliphatic carbocycles. The van der Waals surface area contributed by atoms with Gasteiger partial charge in [0.15, 0.2) is 11.6 Å². The molecule has 0 spiro atoms. The highest BCUT2D eigenvalue weighted by molar-refractivity contribution is 6.09. The van der Waals surface area contributed by atoms with Crippen molar-refractivity contribution in [3.8, 4) is 28.5 Å². The second-order valence-electron chi connectivity index (χ2n) is 11.2. The fourth-order valence-electron chi connectivity index (χ4n) is 6.50. The number of hydrogen-bond donors (Lipinski definition) is 0. The van der Waals surface area contributed by atoms with E-state index in [9.17, 15) is 0 Å². The molecule has 0 fully saturated rings. The van der Waals surface area contributed by atoms with Gasteiger partial charge in [0.1, 0.15) is 17.2 Å². The zero-order valence-electron chi connectivity index (χ0n) is 23.8. The van der Waals surface area contributed by atoms with Gasteiger partial charge in [0, 0.05) is 44.5 Å². The lowest BCUT2D eigenvalue weighted by molar-refractivity contribution is 0.589. The Balaban J connectivity index is 1.15. The van der Waals surface area contributed by atoms with Crippen molar-refractivity contribution < 1.29 is 4.42 Å². The standard InChI is InChI=1S/C39H26N4O/c1-2-10-25(11-3-1)37-40-38(42-39(41-37)27-20-23-36-32(24-27)31-14-6-9-17-35(31)44-36)26-18-21-28(22-19-26)43-33-15-7-4-12-29(33)30-13-5-8-16-34(30)43/h1-23,27H,24H2. The van der Waals surface area contributed by atoms with Crippen LogP contribution in [0.15, 0.2) is 138 Å². The Morgan fingerprint density at radius 2 is 1.16 bits per heavy atom. The first-order valence-electron chi connectivity index (χ1n) is 14.9. The van der Waals surface area contributed by atoms with E-state index in [0.717, 1.165) is 45.8 Å². The van der Waals surface area contributed by atoms with Gasteiger partial charge < -0.3 is 8.98 Å². The molecule has 0 aliphatic heterocycles. The Kier molecular flexibility index (Phi) is 5.56. The number of para-hydroxylation sites is 3. The molecule has 9 rings (SSSR count). The monoisotopic (exact) mass is 566 g/mol. The Morgan fingerprint density at radius 3 is 1.86 bits per heavy atom. The molecule has 1 unspecified atom stereocenters. The summed E-state index contributed by atoms with van der Waals surface area (Å²) < 4.78 is 8.44. The molecule has 208 valence electrons. The summed E-state index contributed by atoms with van der Waals surface area (Å²) in [5, 5.41) is 3.64. The predicted molar refractivity (Wildman–Crippen MR) is 177 cm³/mol. The van der Waals surface area contributed by atoms with Crippen molar-refractivity contribution in [3.05, 3.63) is 151 Å². The molecule has 0 saturated carbocycles. The van der Waals surface area contributed by atoms with Crippen molar-refractivity contribution in [2.75, 3.05) is 0 Å². The summed E-state index contributed by atoms with van der Waals surface area (Å²) in [6.45, 7) is 0. The molecule has 0 bridgehead atoms. The van der Waals surface area contributed by atoms with Crippen molar-refractivity contribution in [2.45, 2.75) is 12.3 Å². The van der Waals surface area contributed by atoms with Crippen LogP contribution in [0.3, 0.4) is 0 Å². The number of fused-ring (bicyclic) bond motifs is 6. The van der Waals surface area contributed by atoms with Gasteiger partial charge in [-0.1, -0.05) is 91.0 Å². The fourth-order valence-corrected chi connectivity index (χ4v) is 6.50. The first-order valence-corrected chi connectivity index (χ1v) is 14.9. The minimum atomic E-state index is 0.00425. The van der Waals surface area contributed by atoms with Crippen LogP contribution in [0.25, 0.3) is 67.3 Å². The third kappa shape index (κ3) is 3.97. The van der Waals surface area contributed by atoms with Gasteiger partial charge in [-0.2, -0.15) is 0 Å². The molecule has 3 aromatic heterocycles. The van der Waals surface area contributed by atoms with Gasteiger partial charge in [0.2, 0.25) is 0 Å². The Morgan fingerprint density at radius 1 is 0.568 bits per heavy atom. The number of nitrogens with zero attached hydrogens (tertiary/aromatic N) is 4. The van der Waals surface area contributed by atoms with Crippen LogP contribution >= 0.6 is 0 Å². The van der Waals surface area contributed by atoms with E-state index in [1.807, 2.05) is 42.5 Å². The molecular weight excluding hydrogens is 540 g/mol. The lowest BCUT2D eigenvalue weighted by Gasteiger charge is -2.17. The second kappa shape index (κ2) is 9.89. The molecule has 44 heavy (non-hydrogen) atoms.